The number of methoxy groups -OCH3 is 1. The molecule has 1 unspecified atom stereocenters. The van der Waals surface area contributed by atoms with Crippen molar-refractivity contribution in [3.05, 3.63) is 0 Å². The van der Waals surface area contributed by atoms with Crippen LogP contribution in [-0.4, -0.2) is 48.2 Å². The molecule has 15 heavy (non-hydrogen) atoms. The quantitative estimate of drug-likeness (QED) is 0.661. The molecular weight excluding hydrogens is 198 g/mol. The highest BCUT2D eigenvalue weighted by Gasteiger charge is 2.30. The topological polar surface area (TPSA) is 66.8 Å². The van der Waals surface area contributed by atoms with Gasteiger partial charge in [0.15, 0.2) is 0 Å². The highest BCUT2D eigenvalue weighted by atomic mass is 16.5. The van der Waals surface area contributed by atoms with Crippen LogP contribution in [0.4, 0.5) is 0 Å². The maximum atomic E-state index is 11.6. The maximum absolute atomic E-state index is 11.6. The molecule has 1 amide bonds. The Morgan fingerprint density at radius 3 is 2.53 bits per heavy atom. The summed E-state index contributed by atoms with van der Waals surface area (Å²) in [5.41, 5.74) is 0. The summed E-state index contributed by atoms with van der Waals surface area (Å²) in [7, 11) is 1.30. The van der Waals surface area contributed by atoms with Gasteiger partial charge in [0.05, 0.1) is 19.6 Å². The molecule has 5 heteroatoms. The summed E-state index contributed by atoms with van der Waals surface area (Å²) in [6.07, 6.45) is -0.172. The average molecular weight is 215 g/mol. The standard InChI is InChI=1S/C10H17NO4/c1-7-5-11(6-8(7)12)9(13)3-4-10(14)15-2/h7-8,12H,3-6H2,1-2H3/t7-,8?/m0/s1. The summed E-state index contributed by atoms with van der Waals surface area (Å²) in [4.78, 5) is 24.0. The van der Waals surface area contributed by atoms with E-state index in [0.717, 1.165) is 0 Å². The first-order chi connectivity index (χ1) is 7.04. The molecule has 1 heterocycles. The molecule has 0 aromatic carbocycles. The van der Waals surface area contributed by atoms with Gasteiger partial charge >= 0.3 is 5.97 Å². The third-order valence-corrected chi connectivity index (χ3v) is 2.70. The van der Waals surface area contributed by atoms with Crippen molar-refractivity contribution in [1.82, 2.24) is 4.90 Å². The molecule has 1 saturated heterocycles. The summed E-state index contributed by atoms with van der Waals surface area (Å²) >= 11 is 0. The lowest BCUT2D eigenvalue weighted by atomic mass is 10.1. The molecule has 0 bridgehead atoms. The number of hydrogen-bond acceptors (Lipinski definition) is 4. The molecule has 0 spiro atoms. The predicted molar refractivity (Wildman–Crippen MR) is 53.0 cm³/mol. The van der Waals surface area contributed by atoms with E-state index in [1.165, 1.54) is 7.11 Å². The first-order valence-corrected chi connectivity index (χ1v) is 5.07. The van der Waals surface area contributed by atoms with E-state index in [-0.39, 0.29) is 30.6 Å². The van der Waals surface area contributed by atoms with Crippen LogP contribution in [0.15, 0.2) is 0 Å². The first-order valence-electron chi connectivity index (χ1n) is 5.07. The number of nitrogens with zero attached hydrogens (tertiary/aromatic N) is 1. The number of ether oxygens (including phenoxy) is 1. The fraction of sp³-hybridized carbons (Fsp3) is 0.800. The molecule has 1 aliphatic heterocycles. The third-order valence-electron chi connectivity index (χ3n) is 2.70. The van der Waals surface area contributed by atoms with E-state index in [4.69, 9.17) is 0 Å². The molecule has 86 valence electrons. The van der Waals surface area contributed by atoms with Gasteiger partial charge in [-0.2, -0.15) is 0 Å². The molecular formula is C10H17NO4. The van der Waals surface area contributed by atoms with Gasteiger partial charge in [-0.05, 0) is 0 Å². The van der Waals surface area contributed by atoms with Crippen LogP contribution in [-0.2, 0) is 14.3 Å². The lowest BCUT2D eigenvalue weighted by Crippen LogP contribution is -2.29. The van der Waals surface area contributed by atoms with E-state index in [1.807, 2.05) is 6.92 Å². The Balaban J connectivity index is 2.32. The van der Waals surface area contributed by atoms with Gasteiger partial charge in [-0.15, -0.1) is 0 Å². The minimum Gasteiger partial charge on any atom is -0.469 e. The van der Waals surface area contributed by atoms with Gasteiger partial charge in [0.25, 0.3) is 0 Å². The number of β-amino-alcohol motifs (C(OH)–C–C–N with tert-alkyl or cyclic N) is 1. The average Bonchev–Trinajstić information content (AvgIpc) is 2.55. The number of esters is 1. The summed E-state index contributed by atoms with van der Waals surface area (Å²) in [6, 6.07) is 0. The number of carbonyl (C=O) groups excluding carboxylic acids is 2. The van der Waals surface area contributed by atoms with Gasteiger partial charge < -0.3 is 14.7 Å². The molecule has 1 N–H and O–H groups in total. The monoisotopic (exact) mass is 215 g/mol. The van der Waals surface area contributed by atoms with Crippen molar-refractivity contribution in [1.29, 1.82) is 0 Å². The van der Waals surface area contributed by atoms with Gasteiger partial charge in [0.1, 0.15) is 0 Å². The summed E-state index contributed by atoms with van der Waals surface area (Å²) in [5, 5.41) is 9.46. The Kier molecular flexibility index (Phi) is 4.08. The fourth-order valence-electron chi connectivity index (χ4n) is 1.62. The van der Waals surface area contributed by atoms with Crippen molar-refractivity contribution in [2.45, 2.75) is 25.9 Å². The van der Waals surface area contributed by atoms with Gasteiger partial charge in [0.2, 0.25) is 5.91 Å². The summed E-state index contributed by atoms with van der Waals surface area (Å²) in [6.45, 7) is 2.85. The molecule has 0 aromatic rings. The third kappa shape index (κ3) is 3.20. The predicted octanol–water partition coefficient (Wildman–Crippen LogP) is -0.221. The number of rotatable bonds is 3. The second-order valence-electron chi connectivity index (χ2n) is 3.92. The lowest BCUT2D eigenvalue weighted by molar-refractivity contribution is -0.143. The zero-order chi connectivity index (χ0) is 11.4. The van der Waals surface area contributed by atoms with E-state index in [1.54, 1.807) is 4.90 Å². The van der Waals surface area contributed by atoms with Crippen molar-refractivity contribution in [2.75, 3.05) is 20.2 Å². The van der Waals surface area contributed by atoms with Gasteiger partial charge in [-0.1, -0.05) is 6.92 Å². The Hall–Kier alpha value is -1.10. The number of hydrogen-bond donors (Lipinski definition) is 1. The van der Waals surface area contributed by atoms with E-state index >= 15 is 0 Å². The van der Waals surface area contributed by atoms with Crippen LogP contribution < -0.4 is 0 Å². The van der Waals surface area contributed by atoms with Crippen LogP contribution >= 0.6 is 0 Å². The first kappa shape index (κ1) is 12.0. The number of likely N-dealkylation sites (tertiary alicyclic amines) is 1. The van der Waals surface area contributed by atoms with Crippen LogP contribution in [0, 0.1) is 5.92 Å². The van der Waals surface area contributed by atoms with Crippen molar-refractivity contribution in [3.63, 3.8) is 0 Å². The zero-order valence-corrected chi connectivity index (χ0v) is 9.10. The lowest BCUT2D eigenvalue weighted by Gasteiger charge is -2.14. The Morgan fingerprint density at radius 2 is 2.07 bits per heavy atom. The minimum absolute atomic E-state index is 0.0937. The molecule has 5 nitrogen and oxygen atoms in total. The van der Waals surface area contributed by atoms with Gasteiger partial charge in [0, 0.05) is 25.4 Å². The Bertz CT molecular complexity index is 244. The van der Waals surface area contributed by atoms with Crippen LogP contribution in [0.2, 0.25) is 0 Å². The van der Waals surface area contributed by atoms with E-state index in [9.17, 15) is 14.7 Å². The normalized spacial score (nSPS) is 25.4. The Labute approximate surface area is 89.0 Å². The van der Waals surface area contributed by atoms with Gasteiger partial charge in [-0.3, -0.25) is 9.59 Å². The number of aliphatic hydroxyl groups is 1. The molecule has 0 radical (unpaired) electrons. The molecule has 0 aliphatic carbocycles. The minimum atomic E-state index is -0.438. The number of aliphatic hydroxyl groups excluding tert-OH is 1. The largest absolute Gasteiger partial charge is 0.469 e. The second kappa shape index (κ2) is 5.11. The SMILES string of the molecule is COC(=O)CCC(=O)N1CC(O)[C@@H](C)C1. The van der Waals surface area contributed by atoms with E-state index in [0.29, 0.717) is 13.1 Å². The molecule has 0 saturated carbocycles. The van der Waals surface area contributed by atoms with Crippen LogP contribution in [0.1, 0.15) is 19.8 Å². The Morgan fingerprint density at radius 1 is 1.40 bits per heavy atom. The van der Waals surface area contributed by atoms with Crippen molar-refractivity contribution < 1.29 is 19.4 Å². The number of amides is 1. The number of carbonyl (C=O) groups is 2. The summed E-state index contributed by atoms with van der Waals surface area (Å²) in [5.74, 6) is -0.355. The van der Waals surface area contributed by atoms with Crippen molar-refractivity contribution >= 4 is 11.9 Å². The summed E-state index contributed by atoms with van der Waals surface area (Å²) < 4.78 is 4.45. The maximum Gasteiger partial charge on any atom is 0.306 e. The fourth-order valence-corrected chi connectivity index (χ4v) is 1.62. The van der Waals surface area contributed by atoms with Crippen LogP contribution in [0.25, 0.3) is 0 Å². The highest BCUT2D eigenvalue weighted by molar-refractivity contribution is 5.81. The highest BCUT2D eigenvalue weighted by Crippen LogP contribution is 2.17. The zero-order valence-electron chi connectivity index (χ0n) is 9.10. The molecule has 1 aliphatic rings. The van der Waals surface area contributed by atoms with Crippen LogP contribution in [0.5, 0.6) is 0 Å². The van der Waals surface area contributed by atoms with Crippen LogP contribution in [0.3, 0.4) is 0 Å². The van der Waals surface area contributed by atoms with E-state index < -0.39 is 6.10 Å². The van der Waals surface area contributed by atoms with Crippen molar-refractivity contribution in [3.8, 4) is 0 Å². The van der Waals surface area contributed by atoms with Gasteiger partial charge in [-0.25, -0.2) is 0 Å². The second-order valence-corrected chi connectivity index (χ2v) is 3.92. The molecule has 1 rings (SSSR count). The smallest absolute Gasteiger partial charge is 0.306 e. The molecule has 0 aromatic heterocycles. The van der Waals surface area contributed by atoms with E-state index in [2.05, 4.69) is 4.74 Å². The molecule has 1 fully saturated rings. The molecule has 2 atom stereocenters. The van der Waals surface area contributed by atoms with Crippen molar-refractivity contribution in [2.24, 2.45) is 5.92 Å².